The molecule has 1 heterocycles. The van der Waals surface area contributed by atoms with Gasteiger partial charge in [-0.15, -0.1) is 0 Å². The fraction of sp³-hybridized carbons (Fsp3) is 0.667. The summed E-state index contributed by atoms with van der Waals surface area (Å²) in [5.74, 6) is 0.279. The van der Waals surface area contributed by atoms with Gasteiger partial charge in [0.25, 0.3) is 0 Å². The van der Waals surface area contributed by atoms with Crippen LogP contribution in [0.3, 0.4) is 0 Å². The van der Waals surface area contributed by atoms with Gasteiger partial charge in [-0.25, -0.2) is 0 Å². The summed E-state index contributed by atoms with van der Waals surface area (Å²) in [5.41, 5.74) is 7.87. The third-order valence-corrected chi connectivity index (χ3v) is 5.99. The third kappa shape index (κ3) is 2.32. The van der Waals surface area contributed by atoms with Crippen molar-refractivity contribution in [1.82, 2.24) is 5.32 Å². The van der Waals surface area contributed by atoms with Gasteiger partial charge in [0.05, 0.1) is 5.60 Å². The van der Waals surface area contributed by atoms with Gasteiger partial charge in [0.15, 0.2) is 0 Å². The van der Waals surface area contributed by atoms with E-state index < -0.39 is 5.60 Å². The van der Waals surface area contributed by atoms with Crippen molar-refractivity contribution in [2.75, 3.05) is 19.6 Å². The molecule has 0 aromatic heterocycles. The average molecular weight is 288 g/mol. The van der Waals surface area contributed by atoms with E-state index in [-0.39, 0.29) is 11.3 Å². The van der Waals surface area contributed by atoms with Gasteiger partial charge in [-0.3, -0.25) is 0 Å². The molecule has 0 amide bonds. The van der Waals surface area contributed by atoms with Crippen molar-refractivity contribution in [3.63, 3.8) is 0 Å². The number of piperidine rings is 1. The number of nitrogens with one attached hydrogen (secondary N) is 1. The Labute approximate surface area is 127 Å². The SMILES string of the molecule is CC(O)(C1CCCNC1)C1(CN)CCCc2ccccc21. The van der Waals surface area contributed by atoms with E-state index in [0.717, 1.165) is 45.2 Å². The van der Waals surface area contributed by atoms with Gasteiger partial charge in [-0.05, 0) is 56.7 Å². The van der Waals surface area contributed by atoms with Crippen LogP contribution in [0.15, 0.2) is 24.3 Å². The summed E-state index contributed by atoms with van der Waals surface area (Å²) in [7, 11) is 0. The monoisotopic (exact) mass is 288 g/mol. The van der Waals surface area contributed by atoms with Crippen LogP contribution in [-0.4, -0.2) is 30.3 Å². The van der Waals surface area contributed by atoms with Crippen molar-refractivity contribution in [3.05, 3.63) is 35.4 Å². The molecule has 0 saturated carbocycles. The largest absolute Gasteiger partial charge is 0.389 e. The van der Waals surface area contributed by atoms with Gasteiger partial charge in [0.2, 0.25) is 0 Å². The summed E-state index contributed by atoms with van der Waals surface area (Å²) in [6, 6.07) is 8.58. The maximum atomic E-state index is 11.5. The lowest BCUT2D eigenvalue weighted by Crippen LogP contribution is -2.61. The Kier molecular flexibility index (Phi) is 4.08. The fourth-order valence-corrected chi connectivity index (χ4v) is 4.59. The van der Waals surface area contributed by atoms with Gasteiger partial charge in [0, 0.05) is 24.4 Å². The van der Waals surface area contributed by atoms with E-state index >= 15 is 0 Å². The molecule has 3 nitrogen and oxygen atoms in total. The summed E-state index contributed by atoms with van der Waals surface area (Å²) in [6.07, 6.45) is 5.44. The maximum Gasteiger partial charge on any atom is 0.0768 e. The van der Waals surface area contributed by atoms with Gasteiger partial charge in [0.1, 0.15) is 0 Å². The van der Waals surface area contributed by atoms with E-state index in [2.05, 4.69) is 29.6 Å². The highest BCUT2D eigenvalue weighted by Crippen LogP contribution is 2.48. The van der Waals surface area contributed by atoms with Crippen molar-refractivity contribution in [3.8, 4) is 0 Å². The van der Waals surface area contributed by atoms with Crippen molar-refractivity contribution in [2.45, 2.75) is 50.0 Å². The van der Waals surface area contributed by atoms with Crippen LogP contribution in [0.25, 0.3) is 0 Å². The summed E-state index contributed by atoms with van der Waals surface area (Å²) in [5, 5.41) is 15.0. The predicted octanol–water partition coefficient (Wildman–Crippen LogP) is 1.97. The first-order valence-electron chi connectivity index (χ1n) is 8.33. The topological polar surface area (TPSA) is 58.3 Å². The quantitative estimate of drug-likeness (QED) is 0.797. The van der Waals surface area contributed by atoms with Crippen LogP contribution >= 0.6 is 0 Å². The Bertz CT molecular complexity index is 494. The molecule has 1 aromatic carbocycles. The van der Waals surface area contributed by atoms with E-state index in [4.69, 9.17) is 5.73 Å². The predicted molar refractivity (Wildman–Crippen MR) is 86.3 cm³/mol. The number of hydrogen-bond acceptors (Lipinski definition) is 3. The molecule has 3 atom stereocenters. The number of rotatable bonds is 3. The highest BCUT2D eigenvalue weighted by atomic mass is 16.3. The van der Waals surface area contributed by atoms with E-state index in [1.807, 2.05) is 6.92 Å². The van der Waals surface area contributed by atoms with Gasteiger partial charge in [-0.2, -0.15) is 0 Å². The first-order chi connectivity index (χ1) is 10.1. The van der Waals surface area contributed by atoms with Crippen molar-refractivity contribution in [1.29, 1.82) is 0 Å². The van der Waals surface area contributed by atoms with Crippen LogP contribution in [0.2, 0.25) is 0 Å². The number of nitrogens with two attached hydrogens (primary N) is 1. The third-order valence-electron chi connectivity index (χ3n) is 5.99. The Hall–Kier alpha value is -0.900. The number of hydrogen-bond donors (Lipinski definition) is 3. The molecule has 1 aliphatic heterocycles. The van der Waals surface area contributed by atoms with Gasteiger partial charge in [-0.1, -0.05) is 24.3 Å². The second-order valence-corrected chi connectivity index (χ2v) is 6.99. The number of benzene rings is 1. The summed E-state index contributed by atoms with van der Waals surface area (Å²) >= 11 is 0. The average Bonchev–Trinajstić information content (AvgIpc) is 2.55. The standard InChI is InChI=1S/C18H28N2O/c1-17(21,15-8-5-11-20-12-15)18(13-19)10-4-7-14-6-2-3-9-16(14)18/h2-3,6,9,15,20-21H,4-5,7-8,10-13,19H2,1H3. The smallest absolute Gasteiger partial charge is 0.0768 e. The molecule has 1 fully saturated rings. The lowest BCUT2D eigenvalue weighted by molar-refractivity contribution is -0.0831. The summed E-state index contributed by atoms with van der Waals surface area (Å²) < 4.78 is 0. The van der Waals surface area contributed by atoms with Crippen molar-refractivity contribution < 1.29 is 5.11 Å². The van der Waals surface area contributed by atoms with Crippen LogP contribution in [0, 0.1) is 5.92 Å². The number of aliphatic hydroxyl groups is 1. The van der Waals surface area contributed by atoms with E-state index in [0.29, 0.717) is 6.54 Å². The second kappa shape index (κ2) is 5.71. The van der Waals surface area contributed by atoms with Crippen LogP contribution < -0.4 is 11.1 Å². The minimum Gasteiger partial charge on any atom is -0.389 e. The lowest BCUT2D eigenvalue weighted by atomic mass is 9.56. The van der Waals surface area contributed by atoms with Crippen LogP contribution in [-0.2, 0) is 11.8 Å². The molecule has 0 spiro atoms. The molecule has 2 aliphatic rings. The zero-order valence-electron chi connectivity index (χ0n) is 13.1. The molecular formula is C18H28N2O. The van der Waals surface area contributed by atoms with Gasteiger partial charge >= 0.3 is 0 Å². The lowest BCUT2D eigenvalue weighted by Gasteiger charge is -2.52. The molecule has 1 saturated heterocycles. The van der Waals surface area contributed by atoms with Crippen LogP contribution in [0.5, 0.6) is 0 Å². The first kappa shape index (κ1) is 15.0. The van der Waals surface area contributed by atoms with E-state index in [1.54, 1.807) is 0 Å². The van der Waals surface area contributed by atoms with Crippen LogP contribution in [0.4, 0.5) is 0 Å². The van der Waals surface area contributed by atoms with Crippen LogP contribution in [0.1, 0.15) is 43.7 Å². The van der Waals surface area contributed by atoms with Gasteiger partial charge < -0.3 is 16.2 Å². The summed E-state index contributed by atoms with van der Waals surface area (Å²) in [4.78, 5) is 0. The molecule has 3 rings (SSSR count). The van der Waals surface area contributed by atoms with Crippen molar-refractivity contribution in [2.24, 2.45) is 11.7 Å². The van der Waals surface area contributed by atoms with E-state index in [9.17, 15) is 5.11 Å². The molecule has 21 heavy (non-hydrogen) atoms. The molecule has 3 unspecified atom stereocenters. The molecule has 3 heteroatoms. The maximum absolute atomic E-state index is 11.5. The molecular weight excluding hydrogens is 260 g/mol. The first-order valence-corrected chi connectivity index (χ1v) is 8.33. The highest BCUT2D eigenvalue weighted by molar-refractivity contribution is 5.40. The summed E-state index contributed by atoms with van der Waals surface area (Å²) in [6.45, 7) is 4.52. The Morgan fingerprint density at radius 1 is 1.38 bits per heavy atom. The molecule has 1 aromatic rings. The molecule has 0 radical (unpaired) electrons. The molecule has 1 aliphatic carbocycles. The van der Waals surface area contributed by atoms with E-state index in [1.165, 1.54) is 11.1 Å². The Balaban J connectivity index is 2.04. The number of aryl methyl sites for hydroxylation is 1. The number of fused-ring (bicyclic) bond motifs is 1. The highest BCUT2D eigenvalue weighted by Gasteiger charge is 2.53. The molecule has 4 N–H and O–H groups in total. The van der Waals surface area contributed by atoms with Crippen molar-refractivity contribution >= 4 is 0 Å². The zero-order chi connectivity index (χ0) is 14.9. The minimum absolute atomic E-state index is 0.279. The minimum atomic E-state index is -0.758. The second-order valence-electron chi connectivity index (χ2n) is 6.99. The zero-order valence-corrected chi connectivity index (χ0v) is 13.1. The molecule has 0 bridgehead atoms. The molecule has 116 valence electrons. The Morgan fingerprint density at radius 3 is 2.90 bits per heavy atom. The normalized spacial score (nSPS) is 32.2. The Morgan fingerprint density at radius 2 is 2.19 bits per heavy atom. The fourth-order valence-electron chi connectivity index (χ4n) is 4.59.